The van der Waals surface area contributed by atoms with Crippen molar-refractivity contribution in [2.45, 2.75) is 24.8 Å². The number of allylic oxidation sites excluding steroid dienone is 6. The van der Waals surface area contributed by atoms with Gasteiger partial charge in [-0.2, -0.15) is 0 Å². The van der Waals surface area contributed by atoms with E-state index in [1.54, 1.807) is 0 Å². The summed E-state index contributed by atoms with van der Waals surface area (Å²) < 4.78 is 0. The summed E-state index contributed by atoms with van der Waals surface area (Å²) in [5.74, 6) is 0.328. The van der Waals surface area contributed by atoms with E-state index in [0.29, 0.717) is 12.0 Å². The number of fused-ring (bicyclic) bond motifs is 5. The molecule has 51 heavy (non-hydrogen) atoms. The first kappa shape index (κ1) is 29.6. The molecule has 2 unspecified atom stereocenters. The van der Waals surface area contributed by atoms with Gasteiger partial charge in [0.25, 0.3) is 0 Å². The largest absolute Gasteiger partial charge is 0.337 e. The first-order valence-corrected chi connectivity index (χ1v) is 18.0. The Labute approximate surface area is 299 Å². The highest BCUT2D eigenvalue weighted by atomic mass is 15.2. The van der Waals surface area contributed by atoms with Crippen molar-refractivity contribution >= 4 is 32.8 Å². The predicted octanol–water partition coefficient (Wildman–Crippen LogP) is 12.5. The molecule has 2 nitrogen and oxygen atoms in total. The maximum atomic E-state index is 4.54. The number of aromatic nitrogens is 1. The van der Waals surface area contributed by atoms with Gasteiger partial charge in [0.2, 0.25) is 0 Å². The maximum absolute atomic E-state index is 4.54. The van der Waals surface area contributed by atoms with Crippen LogP contribution in [0.4, 0.5) is 5.69 Å². The van der Waals surface area contributed by atoms with Crippen LogP contribution in [0, 0.1) is 0 Å². The average Bonchev–Trinajstić information content (AvgIpc) is 3.54. The van der Waals surface area contributed by atoms with Crippen LogP contribution in [0.3, 0.4) is 0 Å². The lowest BCUT2D eigenvalue weighted by Crippen LogP contribution is -2.32. The molecule has 6 aromatic carbocycles. The molecule has 0 spiro atoms. The van der Waals surface area contributed by atoms with Gasteiger partial charge in [-0.3, -0.25) is 4.98 Å². The van der Waals surface area contributed by atoms with Gasteiger partial charge >= 0.3 is 0 Å². The second-order valence-corrected chi connectivity index (χ2v) is 13.8. The molecule has 1 aromatic heterocycles. The lowest BCUT2D eigenvalue weighted by atomic mass is 9.85. The summed E-state index contributed by atoms with van der Waals surface area (Å²) >= 11 is 0. The van der Waals surface area contributed by atoms with Crippen LogP contribution < -0.4 is 4.90 Å². The van der Waals surface area contributed by atoms with Gasteiger partial charge in [0.05, 0.1) is 6.04 Å². The number of nitrogens with zero attached hydrogens (tertiary/aromatic N) is 2. The Balaban J connectivity index is 0.969. The Morgan fingerprint density at radius 2 is 1.10 bits per heavy atom. The van der Waals surface area contributed by atoms with Crippen molar-refractivity contribution in [3.8, 4) is 33.4 Å². The van der Waals surface area contributed by atoms with Gasteiger partial charge in [0, 0.05) is 35.3 Å². The van der Waals surface area contributed by atoms with Crippen molar-refractivity contribution in [2.75, 3.05) is 4.90 Å². The molecule has 0 radical (unpaired) electrons. The van der Waals surface area contributed by atoms with Crippen molar-refractivity contribution in [3.05, 3.63) is 199 Å². The van der Waals surface area contributed by atoms with E-state index in [1.807, 2.05) is 6.20 Å². The fraction of sp³-hybridized carbons (Fsp3) is 0.0816. The molecule has 0 fully saturated rings. The second-order valence-electron chi connectivity index (χ2n) is 13.8. The zero-order chi connectivity index (χ0) is 33.7. The minimum atomic E-state index is 0.328. The number of pyridine rings is 1. The topological polar surface area (TPSA) is 16.1 Å². The fourth-order valence-electron chi connectivity index (χ4n) is 8.64. The van der Waals surface area contributed by atoms with E-state index in [1.165, 1.54) is 83.0 Å². The molecule has 2 atom stereocenters. The lowest BCUT2D eigenvalue weighted by Gasteiger charge is -2.32. The number of rotatable bonds is 5. The molecule has 0 amide bonds. The van der Waals surface area contributed by atoms with E-state index in [0.717, 1.165) is 12.8 Å². The molecule has 7 aromatic rings. The number of anilines is 1. The first-order chi connectivity index (χ1) is 25.3. The van der Waals surface area contributed by atoms with Crippen LogP contribution in [0.5, 0.6) is 0 Å². The van der Waals surface area contributed by atoms with Gasteiger partial charge in [-0.25, -0.2) is 0 Å². The zero-order valence-electron chi connectivity index (χ0n) is 28.3. The quantitative estimate of drug-likeness (QED) is 0.172. The van der Waals surface area contributed by atoms with E-state index in [-0.39, 0.29) is 0 Å². The van der Waals surface area contributed by atoms with Crippen molar-refractivity contribution in [1.29, 1.82) is 0 Å². The summed E-state index contributed by atoms with van der Waals surface area (Å²) in [6.45, 7) is 0. The molecule has 0 saturated heterocycles. The standard InChI is InChI=1S/C49H36N2/c1-3-11-36(12-4-1)48-40-15-7-9-17-42(40)49(43-18-10-8-16-41(43)48)37-25-23-34(24-26-37)33-19-21-35(22-20-33)38-27-28-46-44(31-38)45-32-50-30-29-47(45)51(46)39-13-5-2-6-14-39/h1-13,15-30,32,39,44H,14,31H2. The molecule has 10 rings (SSSR count). The molecule has 2 heteroatoms. The molecule has 242 valence electrons. The van der Waals surface area contributed by atoms with Gasteiger partial charge < -0.3 is 4.90 Å². The van der Waals surface area contributed by atoms with Crippen molar-refractivity contribution < 1.29 is 0 Å². The average molecular weight is 653 g/mol. The van der Waals surface area contributed by atoms with Crippen LogP contribution in [0.25, 0.3) is 60.5 Å². The monoisotopic (exact) mass is 652 g/mol. The fourth-order valence-corrected chi connectivity index (χ4v) is 8.64. The van der Waals surface area contributed by atoms with Gasteiger partial charge in [0.1, 0.15) is 0 Å². The van der Waals surface area contributed by atoms with E-state index in [2.05, 4.69) is 186 Å². The Hall–Kier alpha value is -6.25. The number of hydrogen-bond acceptors (Lipinski definition) is 2. The molecule has 2 heterocycles. The molecule has 0 saturated carbocycles. The maximum Gasteiger partial charge on any atom is 0.0557 e. The van der Waals surface area contributed by atoms with Gasteiger partial charge in [-0.05, 0) is 91.0 Å². The van der Waals surface area contributed by atoms with E-state index in [4.69, 9.17) is 0 Å². The summed E-state index contributed by atoms with van der Waals surface area (Å²) in [4.78, 5) is 7.07. The van der Waals surface area contributed by atoms with Crippen molar-refractivity contribution in [1.82, 2.24) is 4.98 Å². The van der Waals surface area contributed by atoms with Crippen molar-refractivity contribution in [2.24, 2.45) is 0 Å². The zero-order valence-corrected chi connectivity index (χ0v) is 28.3. The van der Waals surface area contributed by atoms with Crippen LogP contribution in [-0.4, -0.2) is 11.0 Å². The highest BCUT2D eigenvalue weighted by molar-refractivity contribution is 6.21. The Bertz CT molecular complexity index is 2510. The molecule has 3 aliphatic rings. The van der Waals surface area contributed by atoms with Crippen LogP contribution in [0.15, 0.2) is 188 Å². The van der Waals surface area contributed by atoms with Crippen LogP contribution >= 0.6 is 0 Å². The van der Waals surface area contributed by atoms with E-state index in [9.17, 15) is 0 Å². The molecule has 0 bridgehead atoms. The van der Waals surface area contributed by atoms with Gasteiger partial charge in [-0.15, -0.1) is 0 Å². The van der Waals surface area contributed by atoms with Gasteiger partial charge in [-0.1, -0.05) is 158 Å². The minimum absolute atomic E-state index is 0.328. The van der Waals surface area contributed by atoms with E-state index >= 15 is 0 Å². The summed E-state index contributed by atoms with van der Waals surface area (Å²) in [5, 5.41) is 5.12. The third-order valence-corrected chi connectivity index (χ3v) is 11.0. The number of hydrogen-bond donors (Lipinski definition) is 0. The van der Waals surface area contributed by atoms with Crippen LogP contribution in [-0.2, 0) is 0 Å². The molecular weight excluding hydrogens is 617 g/mol. The Kier molecular flexibility index (Phi) is 7.13. The summed E-state index contributed by atoms with van der Waals surface area (Å²) in [6, 6.07) is 49.3. The summed E-state index contributed by atoms with van der Waals surface area (Å²) in [6.07, 6.45) is 19.6. The Morgan fingerprint density at radius 3 is 1.71 bits per heavy atom. The second kappa shape index (κ2) is 12.3. The Morgan fingerprint density at radius 1 is 0.529 bits per heavy atom. The van der Waals surface area contributed by atoms with Crippen molar-refractivity contribution in [3.63, 3.8) is 0 Å². The SMILES string of the molecule is C1=CCC(N2C3=CC=C(c4ccc(-c5ccc(-c6c7ccccc7c(-c7ccccc7)c7ccccc67)cc5)cc4)CC3c3cnccc32)C=C1. The minimum Gasteiger partial charge on any atom is -0.337 e. The normalized spacial score (nSPS) is 17.7. The van der Waals surface area contributed by atoms with Crippen LogP contribution in [0.1, 0.15) is 29.9 Å². The smallest absolute Gasteiger partial charge is 0.0557 e. The predicted molar refractivity (Wildman–Crippen MR) is 215 cm³/mol. The highest BCUT2D eigenvalue weighted by Gasteiger charge is 2.38. The van der Waals surface area contributed by atoms with Gasteiger partial charge in [0.15, 0.2) is 0 Å². The molecule has 1 aliphatic heterocycles. The molecule has 0 N–H and O–H groups in total. The third kappa shape index (κ3) is 4.98. The summed E-state index contributed by atoms with van der Waals surface area (Å²) in [7, 11) is 0. The number of benzene rings is 6. The van der Waals surface area contributed by atoms with Crippen LogP contribution in [0.2, 0.25) is 0 Å². The summed E-state index contributed by atoms with van der Waals surface area (Å²) in [5.41, 5.74) is 14.2. The highest BCUT2D eigenvalue weighted by Crippen LogP contribution is 2.51. The first-order valence-electron chi connectivity index (χ1n) is 18.0. The molecule has 2 aliphatic carbocycles. The lowest BCUT2D eigenvalue weighted by molar-refractivity contribution is 0.722. The molecular formula is C49H36N2. The van der Waals surface area contributed by atoms with E-state index < -0.39 is 0 Å². The third-order valence-electron chi connectivity index (χ3n) is 11.0.